The standard InChI is InChI=1S/C8H8ClF3/c1-5-2-6(8(10,11)12)4-7(9)3-5/h2,4-5H,3H2,1H3. The van der Waals surface area contributed by atoms with E-state index >= 15 is 0 Å². The van der Waals surface area contributed by atoms with Crippen LogP contribution in [0, 0.1) is 5.92 Å². The fraction of sp³-hybridized carbons (Fsp3) is 0.500. The molecule has 0 aliphatic heterocycles. The first-order valence-corrected chi connectivity index (χ1v) is 3.92. The van der Waals surface area contributed by atoms with Crippen LogP contribution in [0.5, 0.6) is 0 Å². The molecule has 0 aromatic carbocycles. The lowest BCUT2D eigenvalue weighted by Gasteiger charge is -2.16. The van der Waals surface area contributed by atoms with Gasteiger partial charge in [0.25, 0.3) is 0 Å². The van der Waals surface area contributed by atoms with Crippen molar-refractivity contribution < 1.29 is 13.2 Å². The van der Waals surface area contributed by atoms with Crippen molar-refractivity contribution in [3.63, 3.8) is 0 Å². The number of rotatable bonds is 0. The summed E-state index contributed by atoms with van der Waals surface area (Å²) in [5, 5.41) is 0.275. The molecular formula is C8H8ClF3. The van der Waals surface area contributed by atoms with Crippen LogP contribution in [0.4, 0.5) is 13.2 Å². The van der Waals surface area contributed by atoms with Gasteiger partial charge in [-0.3, -0.25) is 0 Å². The van der Waals surface area contributed by atoms with Gasteiger partial charge in [-0.05, 0) is 18.4 Å². The van der Waals surface area contributed by atoms with Crippen LogP contribution in [0.2, 0.25) is 0 Å². The van der Waals surface area contributed by atoms with Crippen molar-refractivity contribution >= 4 is 11.6 Å². The molecule has 0 N–H and O–H groups in total. The zero-order valence-electron chi connectivity index (χ0n) is 6.45. The highest BCUT2D eigenvalue weighted by Crippen LogP contribution is 2.34. The number of halogens is 4. The monoisotopic (exact) mass is 196 g/mol. The van der Waals surface area contributed by atoms with Gasteiger partial charge in [-0.25, -0.2) is 0 Å². The Morgan fingerprint density at radius 3 is 2.50 bits per heavy atom. The van der Waals surface area contributed by atoms with Crippen LogP contribution in [0.25, 0.3) is 0 Å². The lowest BCUT2D eigenvalue weighted by atomic mass is 9.97. The molecular weight excluding hydrogens is 189 g/mol. The molecule has 0 aromatic rings. The maximum absolute atomic E-state index is 12.1. The van der Waals surface area contributed by atoms with Crippen LogP contribution in [-0.2, 0) is 0 Å². The summed E-state index contributed by atoms with van der Waals surface area (Å²) in [7, 11) is 0. The molecule has 0 saturated heterocycles. The molecule has 0 aromatic heterocycles. The fourth-order valence-electron chi connectivity index (χ4n) is 1.13. The van der Waals surface area contributed by atoms with Crippen LogP contribution < -0.4 is 0 Å². The predicted octanol–water partition coefficient (Wildman–Crippen LogP) is 3.64. The van der Waals surface area contributed by atoms with Gasteiger partial charge in [0.1, 0.15) is 0 Å². The Balaban J connectivity index is 2.91. The Bertz CT molecular complexity index is 237. The van der Waals surface area contributed by atoms with Crippen molar-refractivity contribution in [1.29, 1.82) is 0 Å². The molecule has 0 radical (unpaired) electrons. The smallest absolute Gasteiger partial charge is 0.166 e. The largest absolute Gasteiger partial charge is 0.416 e. The summed E-state index contributed by atoms with van der Waals surface area (Å²) >= 11 is 5.53. The summed E-state index contributed by atoms with van der Waals surface area (Å²) in [5.41, 5.74) is -0.633. The van der Waals surface area contributed by atoms with Gasteiger partial charge in [-0.2, -0.15) is 13.2 Å². The average molecular weight is 197 g/mol. The van der Waals surface area contributed by atoms with Crippen LogP contribution in [0.1, 0.15) is 13.3 Å². The normalized spacial score (nSPS) is 24.9. The predicted molar refractivity (Wildman–Crippen MR) is 41.9 cm³/mol. The van der Waals surface area contributed by atoms with Gasteiger partial charge >= 0.3 is 6.18 Å². The first-order chi connectivity index (χ1) is 5.39. The van der Waals surface area contributed by atoms with Crippen LogP contribution in [0.3, 0.4) is 0 Å². The molecule has 0 fully saturated rings. The van der Waals surface area contributed by atoms with E-state index in [0.29, 0.717) is 6.42 Å². The fourth-order valence-corrected chi connectivity index (χ4v) is 1.49. The summed E-state index contributed by atoms with van der Waals surface area (Å²) in [6.07, 6.45) is -1.58. The van der Waals surface area contributed by atoms with E-state index < -0.39 is 11.7 Å². The van der Waals surface area contributed by atoms with E-state index in [9.17, 15) is 13.2 Å². The van der Waals surface area contributed by atoms with Crippen LogP contribution in [0.15, 0.2) is 22.8 Å². The Labute approximate surface area is 73.7 Å². The highest BCUT2D eigenvalue weighted by molar-refractivity contribution is 6.29. The lowest BCUT2D eigenvalue weighted by Crippen LogP contribution is -2.14. The molecule has 68 valence electrons. The minimum Gasteiger partial charge on any atom is -0.166 e. The van der Waals surface area contributed by atoms with Gasteiger partial charge in [0, 0.05) is 5.03 Å². The zero-order valence-corrected chi connectivity index (χ0v) is 7.21. The molecule has 1 rings (SSSR count). The van der Waals surface area contributed by atoms with E-state index in [1.807, 2.05) is 0 Å². The molecule has 1 atom stereocenters. The SMILES string of the molecule is CC1C=C(C(F)(F)F)C=C(Cl)C1. The number of hydrogen-bond donors (Lipinski definition) is 0. The molecule has 1 aliphatic rings. The second-order valence-corrected chi connectivity index (χ2v) is 3.38. The summed E-state index contributed by atoms with van der Waals surface area (Å²) in [4.78, 5) is 0. The Kier molecular flexibility index (Phi) is 2.52. The topological polar surface area (TPSA) is 0 Å². The van der Waals surface area contributed by atoms with E-state index in [1.54, 1.807) is 6.92 Å². The second kappa shape index (κ2) is 3.13. The molecule has 0 bridgehead atoms. The van der Waals surface area contributed by atoms with Crippen molar-refractivity contribution in [2.45, 2.75) is 19.5 Å². The average Bonchev–Trinajstić information content (AvgIpc) is 1.82. The van der Waals surface area contributed by atoms with E-state index in [0.717, 1.165) is 6.08 Å². The quantitative estimate of drug-likeness (QED) is 0.555. The second-order valence-electron chi connectivity index (χ2n) is 2.89. The number of alkyl halides is 3. The Hall–Kier alpha value is -0.440. The molecule has 0 amide bonds. The van der Waals surface area contributed by atoms with Crippen molar-refractivity contribution in [2.75, 3.05) is 0 Å². The molecule has 0 saturated carbocycles. The van der Waals surface area contributed by atoms with E-state index in [2.05, 4.69) is 0 Å². The molecule has 1 unspecified atom stereocenters. The summed E-state index contributed by atoms with van der Waals surface area (Å²) in [6, 6.07) is 0. The lowest BCUT2D eigenvalue weighted by molar-refractivity contribution is -0.0889. The first kappa shape index (κ1) is 9.65. The molecule has 1 aliphatic carbocycles. The Morgan fingerprint density at radius 2 is 2.08 bits per heavy atom. The van der Waals surface area contributed by atoms with Gasteiger partial charge in [-0.15, -0.1) is 0 Å². The zero-order chi connectivity index (χ0) is 9.35. The molecule has 0 spiro atoms. The minimum absolute atomic E-state index is 0.126. The molecule has 12 heavy (non-hydrogen) atoms. The van der Waals surface area contributed by atoms with Gasteiger partial charge in [-0.1, -0.05) is 24.6 Å². The van der Waals surface area contributed by atoms with Crippen molar-refractivity contribution in [2.24, 2.45) is 5.92 Å². The Morgan fingerprint density at radius 1 is 1.50 bits per heavy atom. The van der Waals surface area contributed by atoms with Crippen LogP contribution in [-0.4, -0.2) is 6.18 Å². The van der Waals surface area contributed by atoms with Gasteiger partial charge in [0.05, 0.1) is 5.57 Å². The van der Waals surface area contributed by atoms with Crippen molar-refractivity contribution in [3.8, 4) is 0 Å². The third-order valence-electron chi connectivity index (χ3n) is 1.62. The van der Waals surface area contributed by atoms with Crippen molar-refractivity contribution in [3.05, 3.63) is 22.8 Å². The minimum atomic E-state index is -4.27. The van der Waals surface area contributed by atoms with Crippen molar-refractivity contribution in [1.82, 2.24) is 0 Å². The van der Waals surface area contributed by atoms with Gasteiger partial charge < -0.3 is 0 Å². The third-order valence-corrected chi connectivity index (χ3v) is 1.88. The maximum Gasteiger partial charge on any atom is 0.416 e. The number of allylic oxidation sites excluding steroid dienone is 4. The summed E-state index contributed by atoms with van der Waals surface area (Å²) in [5.74, 6) is -0.126. The summed E-state index contributed by atoms with van der Waals surface area (Å²) in [6.45, 7) is 1.71. The van der Waals surface area contributed by atoms with Crippen LogP contribution >= 0.6 is 11.6 Å². The van der Waals surface area contributed by atoms with Gasteiger partial charge in [0.2, 0.25) is 0 Å². The first-order valence-electron chi connectivity index (χ1n) is 3.54. The molecule has 4 heteroatoms. The van der Waals surface area contributed by atoms with E-state index in [1.165, 1.54) is 6.08 Å². The van der Waals surface area contributed by atoms with E-state index in [-0.39, 0.29) is 11.0 Å². The van der Waals surface area contributed by atoms with Gasteiger partial charge in [0.15, 0.2) is 0 Å². The van der Waals surface area contributed by atoms with E-state index in [4.69, 9.17) is 11.6 Å². The maximum atomic E-state index is 12.1. The molecule has 0 heterocycles. The number of hydrogen-bond acceptors (Lipinski definition) is 0. The highest BCUT2D eigenvalue weighted by atomic mass is 35.5. The third kappa shape index (κ3) is 2.27. The summed E-state index contributed by atoms with van der Waals surface area (Å²) < 4.78 is 36.3. The highest BCUT2D eigenvalue weighted by Gasteiger charge is 2.33. The molecule has 0 nitrogen and oxygen atoms in total.